The van der Waals surface area contributed by atoms with Crippen molar-refractivity contribution in [1.29, 1.82) is 0 Å². The molecule has 2 atom stereocenters. The number of rotatable bonds is 7. The molecule has 0 fully saturated rings. The van der Waals surface area contributed by atoms with Crippen LogP contribution in [0.3, 0.4) is 0 Å². The van der Waals surface area contributed by atoms with Crippen molar-refractivity contribution >= 4 is 5.91 Å². The molecule has 2 unspecified atom stereocenters. The van der Waals surface area contributed by atoms with E-state index < -0.39 is 0 Å². The lowest BCUT2D eigenvalue weighted by molar-refractivity contribution is -0.122. The molecule has 106 valence electrons. The fourth-order valence-corrected chi connectivity index (χ4v) is 2.04. The molecule has 0 saturated carbocycles. The van der Waals surface area contributed by atoms with Crippen LogP contribution in [0.4, 0.5) is 4.39 Å². The molecule has 1 amide bonds. The number of benzene rings is 1. The topological polar surface area (TPSA) is 41.1 Å². The van der Waals surface area contributed by atoms with Gasteiger partial charge in [-0.3, -0.25) is 10.1 Å². The second-order valence-corrected chi connectivity index (χ2v) is 4.75. The Hall–Kier alpha value is -1.42. The van der Waals surface area contributed by atoms with Gasteiger partial charge in [0.2, 0.25) is 5.91 Å². The Labute approximate surface area is 114 Å². The zero-order valence-electron chi connectivity index (χ0n) is 11.9. The summed E-state index contributed by atoms with van der Waals surface area (Å²) in [6, 6.07) is 6.28. The van der Waals surface area contributed by atoms with Crippen molar-refractivity contribution in [2.24, 2.45) is 0 Å². The zero-order valence-corrected chi connectivity index (χ0v) is 11.9. The molecule has 1 aromatic rings. The molecular weight excluding hydrogens is 243 g/mol. The van der Waals surface area contributed by atoms with Gasteiger partial charge in [0.25, 0.3) is 0 Å². The highest BCUT2D eigenvalue weighted by Crippen LogP contribution is 2.20. The third-order valence-corrected chi connectivity index (χ3v) is 3.21. The van der Waals surface area contributed by atoms with Crippen LogP contribution in [-0.4, -0.2) is 19.0 Å². The van der Waals surface area contributed by atoms with E-state index in [2.05, 4.69) is 17.6 Å². The Balaban J connectivity index is 2.76. The van der Waals surface area contributed by atoms with Gasteiger partial charge in [0, 0.05) is 13.1 Å². The van der Waals surface area contributed by atoms with Gasteiger partial charge in [-0.05, 0) is 31.0 Å². The fraction of sp³-hybridized carbons (Fsp3) is 0.533. The molecule has 0 saturated heterocycles. The highest BCUT2D eigenvalue weighted by atomic mass is 19.1. The van der Waals surface area contributed by atoms with Crippen molar-refractivity contribution < 1.29 is 9.18 Å². The van der Waals surface area contributed by atoms with Crippen LogP contribution in [-0.2, 0) is 4.79 Å². The van der Waals surface area contributed by atoms with Crippen molar-refractivity contribution in [2.75, 3.05) is 7.05 Å². The maximum Gasteiger partial charge on any atom is 0.236 e. The Morgan fingerprint density at radius 3 is 2.47 bits per heavy atom. The zero-order chi connectivity index (χ0) is 14.3. The minimum absolute atomic E-state index is 0.0383. The van der Waals surface area contributed by atoms with Gasteiger partial charge < -0.3 is 5.32 Å². The van der Waals surface area contributed by atoms with Gasteiger partial charge in [0.05, 0.1) is 6.04 Å². The molecule has 3 nitrogen and oxygen atoms in total. The summed E-state index contributed by atoms with van der Waals surface area (Å²) in [4.78, 5) is 11.6. The highest BCUT2D eigenvalue weighted by Gasteiger charge is 2.17. The number of unbranched alkanes of at least 4 members (excludes halogenated alkanes) is 1. The summed E-state index contributed by atoms with van der Waals surface area (Å²) in [5, 5.41) is 5.93. The first-order valence-corrected chi connectivity index (χ1v) is 6.81. The van der Waals surface area contributed by atoms with Crippen LogP contribution in [0.15, 0.2) is 24.3 Å². The summed E-state index contributed by atoms with van der Waals surface area (Å²) in [6.45, 7) is 3.96. The Kier molecular flexibility index (Phi) is 6.50. The number of hydrogen-bond donors (Lipinski definition) is 2. The van der Waals surface area contributed by atoms with Crippen LogP contribution < -0.4 is 10.6 Å². The van der Waals surface area contributed by atoms with Crippen LogP contribution in [0.2, 0.25) is 0 Å². The number of nitrogens with one attached hydrogen (secondary N) is 2. The van der Waals surface area contributed by atoms with Gasteiger partial charge >= 0.3 is 0 Å². The molecule has 0 bridgehead atoms. The summed E-state index contributed by atoms with van der Waals surface area (Å²) in [5.41, 5.74) is 1.02. The lowest BCUT2D eigenvalue weighted by Gasteiger charge is -2.23. The van der Waals surface area contributed by atoms with Crippen molar-refractivity contribution in [1.82, 2.24) is 10.6 Å². The van der Waals surface area contributed by atoms with Gasteiger partial charge in [-0.1, -0.05) is 31.9 Å². The van der Waals surface area contributed by atoms with Gasteiger partial charge in [-0.25, -0.2) is 4.39 Å². The van der Waals surface area contributed by atoms with Crippen molar-refractivity contribution in [3.05, 3.63) is 35.6 Å². The first-order chi connectivity index (χ1) is 9.08. The molecule has 0 aliphatic rings. The average Bonchev–Trinajstić information content (AvgIpc) is 2.43. The quantitative estimate of drug-likeness (QED) is 0.796. The maximum absolute atomic E-state index is 13.0. The van der Waals surface area contributed by atoms with E-state index in [0.717, 1.165) is 24.8 Å². The minimum Gasteiger partial charge on any atom is -0.358 e. The van der Waals surface area contributed by atoms with E-state index in [-0.39, 0.29) is 23.8 Å². The molecule has 0 spiro atoms. The third kappa shape index (κ3) is 4.99. The number of amides is 1. The summed E-state index contributed by atoms with van der Waals surface area (Å²) in [5.74, 6) is -0.277. The predicted octanol–water partition coefficient (Wildman–Crippen LogP) is 2.78. The van der Waals surface area contributed by atoms with E-state index in [9.17, 15) is 9.18 Å². The van der Waals surface area contributed by atoms with Gasteiger partial charge in [0.15, 0.2) is 0 Å². The Morgan fingerprint density at radius 2 is 1.95 bits per heavy atom. The summed E-state index contributed by atoms with van der Waals surface area (Å²) in [6.07, 6.45) is 3.09. The van der Waals surface area contributed by atoms with Gasteiger partial charge in [0.1, 0.15) is 5.82 Å². The number of carbonyl (C=O) groups is 1. The number of halogens is 1. The third-order valence-electron chi connectivity index (χ3n) is 3.21. The Bertz CT molecular complexity index is 392. The van der Waals surface area contributed by atoms with Crippen LogP contribution >= 0.6 is 0 Å². The lowest BCUT2D eigenvalue weighted by Crippen LogP contribution is -2.42. The van der Waals surface area contributed by atoms with E-state index >= 15 is 0 Å². The van der Waals surface area contributed by atoms with E-state index in [0.29, 0.717) is 0 Å². The number of likely N-dealkylation sites (N-methyl/N-ethyl adjacent to an activating group) is 1. The van der Waals surface area contributed by atoms with Crippen LogP contribution in [0.1, 0.15) is 44.7 Å². The van der Waals surface area contributed by atoms with Crippen molar-refractivity contribution in [2.45, 2.75) is 45.2 Å². The average molecular weight is 266 g/mol. The molecule has 0 aromatic heterocycles. The highest BCUT2D eigenvalue weighted by molar-refractivity contribution is 5.80. The van der Waals surface area contributed by atoms with Crippen LogP contribution in [0, 0.1) is 5.82 Å². The van der Waals surface area contributed by atoms with Crippen molar-refractivity contribution in [3.8, 4) is 0 Å². The van der Waals surface area contributed by atoms with E-state index in [1.54, 1.807) is 19.2 Å². The molecule has 2 N–H and O–H groups in total. The second-order valence-electron chi connectivity index (χ2n) is 4.75. The summed E-state index contributed by atoms with van der Waals surface area (Å²) < 4.78 is 13.0. The maximum atomic E-state index is 13.0. The summed E-state index contributed by atoms with van der Waals surface area (Å²) in [7, 11) is 1.62. The Morgan fingerprint density at radius 1 is 1.32 bits per heavy atom. The van der Waals surface area contributed by atoms with Gasteiger partial charge in [-0.15, -0.1) is 0 Å². The van der Waals surface area contributed by atoms with Gasteiger partial charge in [-0.2, -0.15) is 0 Å². The first-order valence-electron chi connectivity index (χ1n) is 6.81. The van der Waals surface area contributed by atoms with Crippen LogP contribution in [0.5, 0.6) is 0 Å². The SMILES string of the molecule is CCCCC(NC(C)C(=O)NC)c1ccc(F)cc1. The predicted molar refractivity (Wildman–Crippen MR) is 75.3 cm³/mol. The molecule has 1 rings (SSSR count). The lowest BCUT2D eigenvalue weighted by atomic mass is 10.00. The summed E-state index contributed by atoms with van der Waals surface area (Å²) >= 11 is 0. The molecule has 0 radical (unpaired) electrons. The number of carbonyl (C=O) groups excluding carboxylic acids is 1. The normalized spacial score (nSPS) is 13.9. The fourth-order valence-electron chi connectivity index (χ4n) is 2.04. The van der Waals surface area contributed by atoms with Crippen molar-refractivity contribution in [3.63, 3.8) is 0 Å². The molecule has 19 heavy (non-hydrogen) atoms. The molecular formula is C15H23FN2O. The molecule has 4 heteroatoms. The largest absolute Gasteiger partial charge is 0.358 e. The van der Waals surface area contributed by atoms with E-state index in [1.807, 2.05) is 6.92 Å². The molecule has 0 heterocycles. The standard InChI is InChI=1S/C15H23FN2O/c1-4-5-6-14(18-11(2)15(19)17-3)12-7-9-13(16)10-8-12/h7-11,14,18H,4-6H2,1-3H3,(H,17,19). The van der Waals surface area contributed by atoms with Crippen LogP contribution in [0.25, 0.3) is 0 Å². The smallest absolute Gasteiger partial charge is 0.236 e. The second kappa shape index (κ2) is 7.89. The monoisotopic (exact) mass is 266 g/mol. The molecule has 0 aliphatic carbocycles. The van der Waals surface area contributed by atoms with E-state index in [1.165, 1.54) is 12.1 Å². The molecule has 0 aliphatic heterocycles. The number of hydrogen-bond acceptors (Lipinski definition) is 2. The first kappa shape index (κ1) is 15.6. The minimum atomic E-state index is -0.267. The molecule has 1 aromatic carbocycles. The van der Waals surface area contributed by atoms with E-state index in [4.69, 9.17) is 0 Å².